The summed E-state index contributed by atoms with van der Waals surface area (Å²) in [6.07, 6.45) is 1.54. The van der Waals surface area contributed by atoms with Crippen molar-refractivity contribution >= 4 is 5.97 Å². The fourth-order valence-electron chi connectivity index (χ4n) is 0.475. The van der Waals surface area contributed by atoms with Crippen LogP contribution in [-0.2, 0) is 9.53 Å². The van der Waals surface area contributed by atoms with E-state index in [-0.39, 0.29) is 11.4 Å². The Bertz CT molecular complexity index is 61.3. The van der Waals surface area contributed by atoms with Crippen molar-refractivity contribution in [2.45, 2.75) is 12.8 Å². The van der Waals surface area contributed by atoms with E-state index >= 15 is 0 Å². The number of hydrogen-bond donors (Lipinski definition) is 0. The molecule has 0 saturated carbocycles. The summed E-state index contributed by atoms with van der Waals surface area (Å²) in [5, 5.41) is 0. The Morgan fingerprint density at radius 2 is 2.29 bits per heavy atom. The first-order chi connectivity index (χ1) is 2.89. The second-order valence-electron chi connectivity index (χ2n) is 1.32. The Balaban J connectivity index is 0.000000360. The molecule has 0 atom stereocenters. The molecule has 0 aromatic heterocycles. The Morgan fingerprint density at radius 3 is 2.43 bits per heavy atom. The smallest absolute Gasteiger partial charge is 0.305 e. The van der Waals surface area contributed by atoms with Gasteiger partial charge in [0.05, 0.1) is 6.61 Å². The highest BCUT2D eigenvalue weighted by molar-refractivity contribution is 5.70. The lowest BCUT2D eigenvalue weighted by Gasteiger charge is -1.81. The molecule has 0 aliphatic carbocycles. The van der Waals surface area contributed by atoms with Gasteiger partial charge in [0, 0.05) is 6.42 Å². The van der Waals surface area contributed by atoms with Crippen LogP contribution in [-0.4, -0.2) is 18.1 Å². The van der Waals surface area contributed by atoms with E-state index in [0.29, 0.717) is 13.0 Å². The molecule has 0 aromatic rings. The van der Waals surface area contributed by atoms with Crippen LogP contribution < -0.4 is 0 Å². The van der Waals surface area contributed by atoms with Gasteiger partial charge in [-0.2, -0.15) is 0 Å². The number of ether oxygens (including phenoxy) is 1. The zero-order valence-electron chi connectivity index (χ0n) is 3.94. The minimum atomic E-state index is -0.0463. The minimum Gasteiger partial charge on any atom is -0.466 e. The molecule has 7 heavy (non-hydrogen) atoms. The van der Waals surface area contributed by atoms with E-state index in [1.165, 1.54) is 0 Å². The fourth-order valence-corrected chi connectivity index (χ4v) is 0.475. The highest BCUT2D eigenvalue weighted by Gasteiger charge is 2.08. The molecule has 3 heteroatoms. The van der Waals surface area contributed by atoms with Crippen LogP contribution in [0.2, 0.25) is 0 Å². The van der Waals surface area contributed by atoms with Crippen LogP contribution >= 0.6 is 0 Å². The number of carbonyl (C=O) groups is 1. The van der Waals surface area contributed by atoms with Gasteiger partial charge in [-0.25, -0.2) is 0 Å². The third-order valence-electron chi connectivity index (χ3n) is 0.788. The molecule has 1 aliphatic rings. The van der Waals surface area contributed by atoms with Gasteiger partial charge in [-0.05, 0) is 6.42 Å². The third-order valence-corrected chi connectivity index (χ3v) is 0.788. The fraction of sp³-hybridized carbons (Fsp3) is 0.750. The molecule has 0 aromatic carbocycles. The second kappa shape index (κ2) is 2.58. The lowest BCUT2D eigenvalue weighted by Crippen LogP contribution is -1.88. The molecular weight excluding hydrogens is 96.0 g/mol. The zero-order valence-corrected chi connectivity index (χ0v) is 3.94. The first-order valence-corrected chi connectivity index (χ1v) is 2.05. The van der Waals surface area contributed by atoms with Crippen molar-refractivity contribution in [3.63, 3.8) is 0 Å². The van der Waals surface area contributed by atoms with Crippen LogP contribution in [0.25, 0.3) is 0 Å². The highest BCUT2D eigenvalue weighted by atomic mass is 16.5. The van der Waals surface area contributed by atoms with Crippen molar-refractivity contribution in [3.8, 4) is 0 Å². The van der Waals surface area contributed by atoms with E-state index in [9.17, 15) is 4.79 Å². The zero-order chi connectivity index (χ0) is 4.41. The Kier molecular flexibility index (Phi) is 2.37. The molecule has 1 saturated heterocycles. The van der Waals surface area contributed by atoms with Crippen molar-refractivity contribution in [1.29, 1.82) is 0 Å². The van der Waals surface area contributed by atoms with E-state index < -0.39 is 0 Å². The minimum absolute atomic E-state index is 0. The van der Waals surface area contributed by atoms with Crippen molar-refractivity contribution in [2.24, 2.45) is 0 Å². The molecule has 0 unspecified atom stereocenters. The average Bonchev–Trinajstić information content (AvgIpc) is 1.86. The normalized spacial score (nSPS) is 18.0. The predicted molar refractivity (Wildman–Crippen MR) is 23.8 cm³/mol. The van der Waals surface area contributed by atoms with E-state index in [4.69, 9.17) is 0 Å². The van der Waals surface area contributed by atoms with E-state index in [0.717, 1.165) is 6.42 Å². The van der Waals surface area contributed by atoms with Crippen molar-refractivity contribution in [2.75, 3.05) is 6.61 Å². The first kappa shape index (κ1) is 6.43. The van der Waals surface area contributed by atoms with Crippen LogP contribution in [0, 0.1) is 0 Å². The first-order valence-electron chi connectivity index (χ1n) is 2.05. The van der Waals surface area contributed by atoms with Crippen LogP contribution in [0.1, 0.15) is 12.8 Å². The maximum absolute atomic E-state index is 10.0. The molecule has 0 spiro atoms. The average molecular weight is 104 g/mol. The lowest BCUT2D eigenvalue weighted by atomic mass is 10.4. The lowest BCUT2D eigenvalue weighted by molar-refractivity contribution is -0.137. The third kappa shape index (κ3) is 1.55. The van der Waals surface area contributed by atoms with Gasteiger partial charge in [-0.1, -0.05) is 0 Å². The summed E-state index contributed by atoms with van der Waals surface area (Å²) in [7, 11) is 0. The van der Waals surface area contributed by atoms with Crippen LogP contribution in [0.4, 0.5) is 0 Å². The molecule has 1 aliphatic heterocycles. The SMILES string of the molecule is O.O=C1CCCO1. The molecule has 1 heterocycles. The van der Waals surface area contributed by atoms with Gasteiger partial charge in [0.15, 0.2) is 0 Å². The summed E-state index contributed by atoms with van der Waals surface area (Å²) in [6.45, 7) is 0.638. The van der Waals surface area contributed by atoms with Gasteiger partial charge in [0.2, 0.25) is 0 Å². The number of esters is 1. The Labute approximate surface area is 41.6 Å². The van der Waals surface area contributed by atoms with Crippen LogP contribution in [0.5, 0.6) is 0 Å². The number of rotatable bonds is 0. The van der Waals surface area contributed by atoms with Gasteiger partial charge in [-0.3, -0.25) is 4.79 Å². The van der Waals surface area contributed by atoms with Gasteiger partial charge in [-0.15, -0.1) is 0 Å². The molecule has 1 rings (SSSR count). The summed E-state index contributed by atoms with van der Waals surface area (Å²) < 4.78 is 4.51. The summed E-state index contributed by atoms with van der Waals surface area (Å²) in [5.74, 6) is -0.0463. The number of cyclic esters (lactones) is 1. The number of hydrogen-bond acceptors (Lipinski definition) is 2. The Morgan fingerprint density at radius 1 is 1.57 bits per heavy atom. The molecule has 1 fully saturated rings. The summed E-state index contributed by atoms with van der Waals surface area (Å²) >= 11 is 0. The molecule has 0 bridgehead atoms. The largest absolute Gasteiger partial charge is 0.466 e. The van der Waals surface area contributed by atoms with Crippen molar-refractivity contribution in [1.82, 2.24) is 0 Å². The second-order valence-corrected chi connectivity index (χ2v) is 1.32. The van der Waals surface area contributed by atoms with Gasteiger partial charge >= 0.3 is 5.97 Å². The number of carbonyl (C=O) groups excluding carboxylic acids is 1. The van der Waals surface area contributed by atoms with Crippen LogP contribution in [0.3, 0.4) is 0 Å². The molecule has 0 amide bonds. The summed E-state index contributed by atoms with van der Waals surface area (Å²) in [5.41, 5.74) is 0. The standard InChI is InChI=1S/C4H6O2.H2O/c5-4-2-1-3-6-4;/h1-3H2;1H2. The molecule has 42 valence electrons. The van der Waals surface area contributed by atoms with Crippen LogP contribution in [0.15, 0.2) is 0 Å². The monoisotopic (exact) mass is 104 g/mol. The predicted octanol–water partition coefficient (Wildman–Crippen LogP) is -0.501. The summed E-state index contributed by atoms with van der Waals surface area (Å²) in [4.78, 5) is 10.0. The maximum Gasteiger partial charge on any atom is 0.305 e. The van der Waals surface area contributed by atoms with Gasteiger partial charge in [0.25, 0.3) is 0 Å². The molecular formula is C4H8O3. The molecule has 0 radical (unpaired) electrons. The van der Waals surface area contributed by atoms with E-state index in [1.54, 1.807) is 0 Å². The molecule has 2 N–H and O–H groups in total. The molecule has 3 nitrogen and oxygen atoms in total. The van der Waals surface area contributed by atoms with E-state index in [1.807, 2.05) is 0 Å². The van der Waals surface area contributed by atoms with Crippen molar-refractivity contribution < 1.29 is 15.0 Å². The van der Waals surface area contributed by atoms with Crippen molar-refractivity contribution in [3.05, 3.63) is 0 Å². The topological polar surface area (TPSA) is 57.8 Å². The Hall–Kier alpha value is -0.570. The maximum atomic E-state index is 10.0. The highest BCUT2D eigenvalue weighted by Crippen LogP contribution is 2.01. The quantitative estimate of drug-likeness (QED) is 0.389. The summed E-state index contributed by atoms with van der Waals surface area (Å²) in [6, 6.07) is 0. The van der Waals surface area contributed by atoms with Gasteiger partial charge in [0.1, 0.15) is 0 Å². The van der Waals surface area contributed by atoms with Gasteiger partial charge < -0.3 is 10.2 Å². The van der Waals surface area contributed by atoms with E-state index in [2.05, 4.69) is 4.74 Å².